The van der Waals surface area contributed by atoms with Crippen molar-refractivity contribution >= 4 is 11.8 Å². The van der Waals surface area contributed by atoms with Crippen molar-refractivity contribution < 1.29 is 9.59 Å². The van der Waals surface area contributed by atoms with Crippen LogP contribution in [0.5, 0.6) is 0 Å². The van der Waals surface area contributed by atoms with E-state index >= 15 is 0 Å². The predicted octanol–water partition coefficient (Wildman–Crippen LogP) is 0.299. The first-order valence-corrected chi connectivity index (χ1v) is 6.32. The third-order valence-corrected chi connectivity index (χ3v) is 2.56. The maximum atomic E-state index is 12.1. The van der Waals surface area contributed by atoms with Crippen molar-refractivity contribution in [1.82, 2.24) is 5.32 Å². The molecule has 0 aromatic heterocycles. The molecule has 0 saturated carbocycles. The quantitative estimate of drug-likeness (QED) is 0.688. The molecule has 5 heteroatoms. The molecule has 0 radical (unpaired) electrons. The summed E-state index contributed by atoms with van der Waals surface area (Å²) in [6.07, 6.45) is 0.109. The zero-order chi connectivity index (χ0) is 15.1. The van der Waals surface area contributed by atoms with Crippen LogP contribution in [0.25, 0.3) is 0 Å². The monoisotopic (exact) mass is 273 g/mol. The summed E-state index contributed by atoms with van der Waals surface area (Å²) in [5.41, 5.74) is 12.6. The number of hydrogen-bond acceptors (Lipinski definition) is 3. The first-order valence-electron chi connectivity index (χ1n) is 6.32. The van der Waals surface area contributed by atoms with Gasteiger partial charge in [0.25, 0.3) is 5.91 Å². The summed E-state index contributed by atoms with van der Waals surface area (Å²) in [4.78, 5) is 22.9. The lowest BCUT2D eigenvalue weighted by molar-refractivity contribution is -0.118. The molecule has 5 nitrogen and oxygen atoms in total. The zero-order valence-corrected chi connectivity index (χ0v) is 11.7. The van der Waals surface area contributed by atoms with E-state index in [4.69, 9.17) is 11.5 Å². The Hall–Kier alpha value is -2.32. The van der Waals surface area contributed by atoms with Crippen molar-refractivity contribution in [2.45, 2.75) is 26.3 Å². The van der Waals surface area contributed by atoms with Gasteiger partial charge in [-0.15, -0.1) is 0 Å². The van der Waals surface area contributed by atoms with E-state index in [0.717, 1.165) is 11.1 Å². The molecule has 1 atom stereocenters. The minimum atomic E-state index is -0.448. The molecule has 0 saturated heterocycles. The van der Waals surface area contributed by atoms with Gasteiger partial charge in [0.1, 0.15) is 0 Å². The van der Waals surface area contributed by atoms with Gasteiger partial charge < -0.3 is 16.8 Å². The number of amides is 2. The number of aryl methyl sites for hydroxylation is 1. The maximum Gasteiger partial charge on any atom is 0.251 e. The number of nitrogens with two attached hydrogens (primary N) is 2. The first kappa shape index (κ1) is 15.7. The van der Waals surface area contributed by atoms with Crippen molar-refractivity contribution in [3.8, 4) is 11.8 Å². The molecule has 5 N–H and O–H groups in total. The normalized spacial score (nSPS) is 11.2. The number of hydrogen-bond donors (Lipinski definition) is 3. The Morgan fingerprint density at radius 3 is 2.65 bits per heavy atom. The Balaban J connectivity index is 2.87. The lowest BCUT2D eigenvalue weighted by atomic mass is 10.1. The van der Waals surface area contributed by atoms with Crippen LogP contribution in [0, 0.1) is 18.8 Å². The highest BCUT2D eigenvalue weighted by atomic mass is 16.2. The van der Waals surface area contributed by atoms with Crippen molar-refractivity contribution in [3.05, 3.63) is 34.9 Å². The van der Waals surface area contributed by atoms with Gasteiger partial charge in [0.15, 0.2) is 0 Å². The third kappa shape index (κ3) is 5.12. The fourth-order valence-electron chi connectivity index (χ4n) is 1.80. The fraction of sp³-hybridized carbons (Fsp3) is 0.333. The summed E-state index contributed by atoms with van der Waals surface area (Å²) in [6.45, 7) is 3.88. The van der Waals surface area contributed by atoms with Crippen LogP contribution in [0.3, 0.4) is 0 Å². The van der Waals surface area contributed by atoms with E-state index in [1.807, 2.05) is 13.0 Å². The van der Waals surface area contributed by atoms with Gasteiger partial charge in [0, 0.05) is 23.6 Å². The summed E-state index contributed by atoms with van der Waals surface area (Å²) in [7, 11) is 0. The molecule has 0 fully saturated rings. The number of carbonyl (C=O) groups excluding carboxylic acids is 2. The maximum absolute atomic E-state index is 12.1. The summed E-state index contributed by atoms with van der Waals surface area (Å²) < 4.78 is 0. The van der Waals surface area contributed by atoms with Crippen molar-refractivity contribution in [2.24, 2.45) is 11.5 Å². The average Bonchev–Trinajstić information content (AvgIpc) is 2.34. The second kappa shape index (κ2) is 7.31. The largest absolute Gasteiger partial charge is 0.370 e. The Kier molecular flexibility index (Phi) is 5.75. The van der Waals surface area contributed by atoms with E-state index in [1.165, 1.54) is 0 Å². The summed E-state index contributed by atoms with van der Waals surface area (Å²) >= 11 is 0. The minimum absolute atomic E-state index is 0.109. The predicted molar refractivity (Wildman–Crippen MR) is 77.9 cm³/mol. The van der Waals surface area contributed by atoms with Crippen LogP contribution in [-0.4, -0.2) is 24.4 Å². The molecule has 0 aliphatic heterocycles. The molecule has 0 aliphatic carbocycles. The van der Waals surface area contributed by atoms with E-state index in [0.29, 0.717) is 5.56 Å². The van der Waals surface area contributed by atoms with Gasteiger partial charge in [0.05, 0.1) is 6.54 Å². The molecule has 0 spiro atoms. The van der Waals surface area contributed by atoms with Gasteiger partial charge in [-0.2, -0.15) is 0 Å². The molecular formula is C15H19N3O2. The topological polar surface area (TPSA) is 98.2 Å². The Bertz CT molecular complexity index is 570. The van der Waals surface area contributed by atoms with Crippen LogP contribution in [0.2, 0.25) is 0 Å². The summed E-state index contributed by atoms with van der Waals surface area (Å²) in [5.74, 6) is 4.95. The van der Waals surface area contributed by atoms with Gasteiger partial charge in [-0.25, -0.2) is 0 Å². The number of benzene rings is 1. The smallest absolute Gasteiger partial charge is 0.251 e. The fourth-order valence-corrected chi connectivity index (χ4v) is 1.80. The molecule has 0 bridgehead atoms. The molecule has 1 rings (SSSR count). The SMILES string of the molecule is Cc1cc(C#CCN)cc(C(=O)NC(C)CC(N)=O)c1. The molecule has 1 unspecified atom stereocenters. The molecule has 20 heavy (non-hydrogen) atoms. The van der Waals surface area contributed by atoms with E-state index in [9.17, 15) is 9.59 Å². The number of nitrogens with one attached hydrogen (secondary N) is 1. The Labute approximate surface area is 118 Å². The van der Waals surface area contributed by atoms with Crippen LogP contribution in [0.1, 0.15) is 34.8 Å². The number of carbonyl (C=O) groups is 2. The standard InChI is InChI=1S/C15H19N3O2/c1-10-6-12(4-3-5-16)9-13(7-10)15(20)18-11(2)8-14(17)19/h6-7,9,11H,5,8,16H2,1-2H3,(H2,17,19)(H,18,20). The van der Waals surface area contributed by atoms with Crippen LogP contribution in [-0.2, 0) is 4.79 Å². The molecule has 1 aromatic carbocycles. The highest BCUT2D eigenvalue weighted by Gasteiger charge is 2.12. The van der Waals surface area contributed by atoms with Crippen LogP contribution in [0.4, 0.5) is 0 Å². The minimum Gasteiger partial charge on any atom is -0.370 e. The molecule has 0 heterocycles. The van der Waals surface area contributed by atoms with Gasteiger partial charge in [-0.05, 0) is 37.6 Å². The van der Waals surface area contributed by atoms with E-state index in [1.54, 1.807) is 19.1 Å². The van der Waals surface area contributed by atoms with Crippen molar-refractivity contribution in [2.75, 3.05) is 6.54 Å². The molecule has 0 aliphatic rings. The highest BCUT2D eigenvalue weighted by molar-refractivity contribution is 5.95. The Morgan fingerprint density at radius 2 is 2.05 bits per heavy atom. The lowest BCUT2D eigenvalue weighted by Gasteiger charge is -2.12. The number of primary amides is 1. The molecule has 106 valence electrons. The van der Waals surface area contributed by atoms with E-state index < -0.39 is 5.91 Å². The second-order valence-corrected chi connectivity index (χ2v) is 4.64. The zero-order valence-electron chi connectivity index (χ0n) is 11.7. The van der Waals surface area contributed by atoms with Gasteiger partial charge in [0.2, 0.25) is 5.91 Å². The average molecular weight is 273 g/mol. The second-order valence-electron chi connectivity index (χ2n) is 4.64. The Morgan fingerprint density at radius 1 is 1.35 bits per heavy atom. The van der Waals surface area contributed by atoms with E-state index in [2.05, 4.69) is 17.2 Å². The summed E-state index contributed by atoms with van der Waals surface area (Å²) in [5, 5.41) is 2.73. The third-order valence-electron chi connectivity index (χ3n) is 2.56. The lowest BCUT2D eigenvalue weighted by Crippen LogP contribution is -2.35. The van der Waals surface area contributed by atoms with Crippen molar-refractivity contribution in [3.63, 3.8) is 0 Å². The van der Waals surface area contributed by atoms with Gasteiger partial charge in [-0.1, -0.05) is 11.8 Å². The molecule has 2 amide bonds. The first-order chi connectivity index (χ1) is 9.42. The number of rotatable bonds is 4. The molecule has 1 aromatic rings. The van der Waals surface area contributed by atoms with Gasteiger partial charge >= 0.3 is 0 Å². The van der Waals surface area contributed by atoms with Gasteiger partial charge in [-0.3, -0.25) is 9.59 Å². The van der Waals surface area contributed by atoms with Crippen LogP contribution >= 0.6 is 0 Å². The van der Waals surface area contributed by atoms with Crippen molar-refractivity contribution in [1.29, 1.82) is 0 Å². The van der Waals surface area contributed by atoms with Crippen LogP contribution < -0.4 is 16.8 Å². The summed E-state index contributed by atoms with van der Waals surface area (Å²) in [6, 6.07) is 5.04. The molecular weight excluding hydrogens is 254 g/mol. The van der Waals surface area contributed by atoms with Crippen LogP contribution in [0.15, 0.2) is 18.2 Å². The highest BCUT2D eigenvalue weighted by Crippen LogP contribution is 2.09. The van der Waals surface area contributed by atoms with E-state index in [-0.39, 0.29) is 24.9 Å².